The molecule has 2 N–H and O–H groups in total. The molecular weight excluding hydrogens is 284 g/mol. The number of ether oxygens (including phenoxy) is 1. The molecule has 0 aliphatic heterocycles. The minimum absolute atomic E-state index is 0. The largest absolute Gasteiger partial charge is 0.496 e. The quantitative estimate of drug-likeness (QED) is 0.935. The van der Waals surface area contributed by atoms with E-state index in [4.69, 9.17) is 10.5 Å². The molecule has 0 heterocycles. The van der Waals surface area contributed by atoms with E-state index in [1.165, 1.54) is 12.1 Å². The number of hydrogen-bond donors (Lipinski definition) is 1. The number of hydrogen-bond acceptors (Lipinski definition) is 2. The Kier molecular flexibility index (Phi) is 5.48. The topological polar surface area (TPSA) is 35.2 Å². The maximum Gasteiger partial charge on any atom is 0.133 e. The van der Waals surface area contributed by atoms with Crippen LogP contribution in [0.5, 0.6) is 5.75 Å². The maximum absolute atomic E-state index is 13.8. The first-order valence-electron chi connectivity index (χ1n) is 5.89. The molecule has 0 bridgehead atoms. The van der Waals surface area contributed by atoms with Crippen molar-refractivity contribution < 1.29 is 13.5 Å². The molecule has 20 heavy (non-hydrogen) atoms. The molecule has 5 heteroatoms. The fourth-order valence-electron chi connectivity index (χ4n) is 2.17. The Bertz CT molecular complexity index is 617. The zero-order valence-electron chi connectivity index (χ0n) is 11.2. The fraction of sp³-hybridized carbons (Fsp3) is 0.200. The molecule has 0 aliphatic rings. The summed E-state index contributed by atoms with van der Waals surface area (Å²) in [6.07, 6.45) is 0. The monoisotopic (exact) mass is 299 g/mol. The van der Waals surface area contributed by atoms with Crippen LogP contribution in [0.2, 0.25) is 0 Å². The fourth-order valence-corrected chi connectivity index (χ4v) is 2.17. The number of methoxy groups -OCH3 is 1. The van der Waals surface area contributed by atoms with Crippen molar-refractivity contribution in [2.75, 3.05) is 7.11 Å². The zero-order chi connectivity index (χ0) is 14.0. The lowest BCUT2D eigenvalue weighted by atomic mass is 9.98. The molecule has 0 atom stereocenters. The average molecular weight is 300 g/mol. The van der Waals surface area contributed by atoms with Gasteiger partial charge in [-0.1, -0.05) is 0 Å². The average Bonchev–Trinajstić information content (AvgIpc) is 2.37. The van der Waals surface area contributed by atoms with Crippen LogP contribution in [0, 0.1) is 18.6 Å². The lowest BCUT2D eigenvalue weighted by molar-refractivity contribution is 0.407. The van der Waals surface area contributed by atoms with E-state index >= 15 is 0 Å². The molecule has 108 valence electrons. The Morgan fingerprint density at radius 1 is 1.15 bits per heavy atom. The van der Waals surface area contributed by atoms with Gasteiger partial charge in [-0.2, -0.15) is 0 Å². The lowest BCUT2D eigenvalue weighted by Crippen LogP contribution is -2.02. The van der Waals surface area contributed by atoms with Crippen molar-refractivity contribution in [1.82, 2.24) is 0 Å². The van der Waals surface area contributed by atoms with Crippen molar-refractivity contribution in [1.29, 1.82) is 0 Å². The SMILES string of the molecule is COc1c(C)cc(-c2ccc(F)cc2F)cc1CN.Cl. The lowest BCUT2D eigenvalue weighted by Gasteiger charge is -2.13. The van der Waals surface area contributed by atoms with Gasteiger partial charge < -0.3 is 10.5 Å². The summed E-state index contributed by atoms with van der Waals surface area (Å²) in [6.45, 7) is 2.16. The maximum atomic E-state index is 13.8. The summed E-state index contributed by atoms with van der Waals surface area (Å²) in [5, 5.41) is 0. The first-order chi connectivity index (χ1) is 9.06. The van der Waals surface area contributed by atoms with Crippen LogP contribution in [0.15, 0.2) is 30.3 Å². The summed E-state index contributed by atoms with van der Waals surface area (Å²) in [4.78, 5) is 0. The van der Waals surface area contributed by atoms with Crippen LogP contribution in [-0.2, 0) is 6.54 Å². The molecule has 0 fully saturated rings. The van der Waals surface area contributed by atoms with Gasteiger partial charge in [-0.05, 0) is 42.3 Å². The van der Waals surface area contributed by atoms with Gasteiger partial charge in [0, 0.05) is 23.7 Å². The molecule has 0 aromatic heterocycles. The van der Waals surface area contributed by atoms with Gasteiger partial charge in [0.25, 0.3) is 0 Å². The van der Waals surface area contributed by atoms with Crippen molar-refractivity contribution in [2.24, 2.45) is 5.73 Å². The minimum Gasteiger partial charge on any atom is -0.496 e. The van der Waals surface area contributed by atoms with E-state index in [2.05, 4.69) is 0 Å². The summed E-state index contributed by atoms with van der Waals surface area (Å²) in [7, 11) is 1.57. The van der Waals surface area contributed by atoms with E-state index in [0.717, 1.165) is 17.2 Å². The standard InChI is InChI=1S/C15H15F2NO.ClH/c1-9-5-10(6-11(8-18)15(9)19-2)13-4-3-12(16)7-14(13)17;/h3-7H,8,18H2,1-2H3;1H. The van der Waals surface area contributed by atoms with Crippen molar-refractivity contribution >= 4 is 12.4 Å². The third-order valence-corrected chi connectivity index (χ3v) is 3.02. The second kappa shape index (κ2) is 6.68. The molecule has 2 aromatic rings. The Hall–Kier alpha value is -1.65. The Morgan fingerprint density at radius 2 is 1.85 bits per heavy atom. The van der Waals surface area contributed by atoms with Gasteiger partial charge in [-0.15, -0.1) is 12.4 Å². The molecule has 0 saturated carbocycles. The zero-order valence-corrected chi connectivity index (χ0v) is 12.1. The summed E-state index contributed by atoms with van der Waals surface area (Å²) in [5.74, 6) is -0.480. The van der Waals surface area contributed by atoms with Crippen molar-refractivity contribution in [2.45, 2.75) is 13.5 Å². The Balaban J connectivity index is 0.00000200. The van der Waals surface area contributed by atoms with E-state index < -0.39 is 11.6 Å². The minimum atomic E-state index is -0.592. The van der Waals surface area contributed by atoms with Crippen molar-refractivity contribution in [3.8, 4) is 16.9 Å². The smallest absolute Gasteiger partial charge is 0.133 e. The van der Waals surface area contributed by atoms with Gasteiger partial charge in [0.05, 0.1) is 7.11 Å². The van der Waals surface area contributed by atoms with E-state index in [1.807, 2.05) is 6.92 Å². The molecule has 2 aromatic carbocycles. The van der Waals surface area contributed by atoms with Crippen LogP contribution in [0.25, 0.3) is 11.1 Å². The third-order valence-electron chi connectivity index (χ3n) is 3.02. The van der Waals surface area contributed by atoms with E-state index in [1.54, 1.807) is 19.2 Å². The predicted octanol–water partition coefficient (Wildman–Crippen LogP) is 3.83. The van der Waals surface area contributed by atoms with Crippen LogP contribution < -0.4 is 10.5 Å². The number of rotatable bonds is 3. The van der Waals surface area contributed by atoms with Crippen LogP contribution >= 0.6 is 12.4 Å². The van der Waals surface area contributed by atoms with Crippen LogP contribution in [-0.4, -0.2) is 7.11 Å². The molecular formula is C15H16ClF2NO. The summed E-state index contributed by atoms with van der Waals surface area (Å²) in [6, 6.07) is 7.10. The summed E-state index contributed by atoms with van der Waals surface area (Å²) in [5.41, 5.74) is 8.34. The van der Waals surface area contributed by atoms with Crippen LogP contribution in [0.3, 0.4) is 0 Å². The highest BCUT2D eigenvalue weighted by atomic mass is 35.5. The van der Waals surface area contributed by atoms with E-state index in [0.29, 0.717) is 23.4 Å². The molecule has 2 nitrogen and oxygen atoms in total. The Labute approximate surface area is 123 Å². The highest BCUT2D eigenvalue weighted by molar-refractivity contribution is 5.85. The van der Waals surface area contributed by atoms with Gasteiger partial charge >= 0.3 is 0 Å². The number of aryl methyl sites for hydroxylation is 1. The molecule has 0 radical (unpaired) electrons. The van der Waals surface area contributed by atoms with Gasteiger partial charge in [0.2, 0.25) is 0 Å². The van der Waals surface area contributed by atoms with E-state index in [-0.39, 0.29) is 12.4 Å². The molecule has 2 rings (SSSR count). The van der Waals surface area contributed by atoms with Crippen molar-refractivity contribution in [3.05, 3.63) is 53.1 Å². The van der Waals surface area contributed by atoms with Crippen molar-refractivity contribution in [3.63, 3.8) is 0 Å². The molecule has 0 amide bonds. The summed E-state index contributed by atoms with van der Waals surface area (Å²) >= 11 is 0. The molecule has 0 spiro atoms. The van der Waals surface area contributed by atoms with Gasteiger partial charge in [0.15, 0.2) is 0 Å². The predicted molar refractivity (Wildman–Crippen MR) is 78.2 cm³/mol. The Morgan fingerprint density at radius 3 is 2.40 bits per heavy atom. The van der Waals surface area contributed by atoms with Gasteiger partial charge in [0.1, 0.15) is 17.4 Å². The molecule has 0 aliphatic carbocycles. The van der Waals surface area contributed by atoms with E-state index in [9.17, 15) is 8.78 Å². The number of nitrogens with two attached hydrogens (primary N) is 1. The number of benzene rings is 2. The molecule has 0 saturated heterocycles. The van der Waals surface area contributed by atoms with Gasteiger partial charge in [-0.25, -0.2) is 8.78 Å². The first-order valence-corrected chi connectivity index (χ1v) is 5.89. The highest BCUT2D eigenvalue weighted by Gasteiger charge is 2.12. The first kappa shape index (κ1) is 16.4. The van der Waals surface area contributed by atoms with Crippen LogP contribution in [0.1, 0.15) is 11.1 Å². The highest BCUT2D eigenvalue weighted by Crippen LogP contribution is 2.31. The number of halogens is 3. The second-order valence-electron chi connectivity index (χ2n) is 4.31. The van der Waals surface area contributed by atoms with Crippen LogP contribution in [0.4, 0.5) is 8.78 Å². The summed E-state index contributed by atoms with van der Waals surface area (Å²) < 4.78 is 32.0. The normalized spacial score (nSPS) is 10.1. The third kappa shape index (κ3) is 3.08. The molecule has 0 unspecified atom stereocenters. The van der Waals surface area contributed by atoms with Gasteiger partial charge in [-0.3, -0.25) is 0 Å². The second-order valence-corrected chi connectivity index (χ2v) is 4.31.